The molecule has 0 radical (unpaired) electrons. The predicted octanol–water partition coefficient (Wildman–Crippen LogP) is 1.18. The quantitative estimate of drug-likeness (QED) is 0.569. The third kappa shape index (κ3) is 3.37. The van der Waals surface area contributed by atoms with Crippen LogP contribution in [-0.2, 0) is 11.3 Å². The molecule has 1 nitrogen and oxygen atoms in total. The fraction of sp³-hybridized carbons (Fsp3) is 0.250. The van der Waals surface area contributed by atoms with Crippen LogP contribution in [0.2, 0.25) is 0 Å². The Labute approximate surface area is 83.7 Å². The summed E-state index contributed by atoms with van der Waals surface area (Å²) >= 11 is 0. The molecule has 1 rings (SSSR count). The second kappa shape index (κ2) is 5.93. The predicted molar refractivity (Wildman–Crippen MR) is 44.3 cm³/mol. The Balaban J connectivity index is 0.000000810. The van der Waals surface area contributed by atoms with Gasteiger partial charge >= 0.3 is 29.6 Å². The molecule has 0 atom stereocenters. The second-order valence-electron chi connectivity index (χ2n) is 1.92. The van der Waals surface area contributed by atoms with Crippen LogP contribution in [0.25, 0.3) is 0 Å². The Kier molecular flexibility index (Phi) is 6.03. The van der Waals surface area contributed by atoms with Crippen molar-refractivity contribution in [1.29, 1.82) is 0 Å². The van der Waals surface area contributed by atoms with Crippen LogP contribution in [0, 0.1) is 0 Å². The average molecular weight is 146 g/mol. The van der Waals surface area contributed by atoms with Crippen molar-refractivity contribution in [2.45, 2.75) is 6.61 Å². The van der Waals surface area contributed by atoms with Crippen LogP contribution >= 0.6 is 0 Å². The van der Waals surface area contributed by atoms with Gasteiger partial charge in [0.15, 0.2) is 0 Å². The van der Waals surface area contributed by atoms with Crippen molar-refractivity contribution in [3.63, 3.8) is 0 Å². The molecule has 0 saturated carbocycles. The van der Waals surface area contributed by atoms with E-state index in [-0.39, 0.29) is 29.6 Å². The van der Waals surface area contributed by atoms with Gasteiger partial charge in [-0.2, -0.15) is 0 Å². The third-order valence-corrected chi connectivity index (χ3v) is 1.15. The number of rotatable bonds is 2. The van der Waals surface area contributed by atoms with Gasteiger partial charge in [0.05, 0.1) is 6.61 Å². The first-order valence-electron chi connectivity index (χ1n) is 2.96. The van der Waals surface area contributed by atoms with E-state index in [4.69, 9.17) is 4.74 Å². The van der Waals surface area contributed by atoms with Gasteiger partial charge in [-0.25, -0.2) is 0 Å². The summed E-state index contributed by atoms with van der Waals surface area (Å²) in [6.45, 7) is 0.709. The van der Waals surface area contributed by atoms with Crippen molar-refractivity contribution in [3.05, 3.63) is 35.9 Å². The third-order valence-electron chi connectivity index (χ3n) is 1.15. The molecule has 0 bridgehead atoms. The van der Waals surface area contributed by atoms with Gasteiger partial charge in [0, 0.05) is 7.11 Å². The molecule has 1 aromatic carbocycles. The summed E-state index contributed by atoms with van der Waals surface area (Å²) in [6, 6.07) is 10.1. The normalized spacial score (nSPS) is 8.50. The van der Waals surface area contributed by atoms with Gasteiger partial charge in [0.1, 0.15) is 0 Å². The molecule has 0 amide bonds. The van der Waals surface area contributed by atoms with Gasteiger partial charge in [-0.05, 0) is 5.56 Å². The molecule has 0 N–H and O–H groups in total. The summed E-state index contributed by atoms with van der Waals surface area (Å²) in [6.07, 6.45) is 0. The zero-order valence-corrected chi connectivity index (χ0v) is 5.50. The molecule has 0 unspecified atom stereocenters. The Morgan fingerprint density at radius 3 is 2.30 bits per heavy atom. The van der Waals surface area contributed by atoms with Crippen molar-refractivity contribution in [2.24, 2.45) is 0 Å². The minimum atomic E-state index is 0. The number of ether oxygens (including phenoxy) is 1. The van der Waals surface area contributed by atoms with Gasteiger partial charge in [-0.1, -0.05) is 30.3 Å². The molecule has 0 aromatic heterocycles. The minimum absolute atomic E-state index is 0. The van der Waals surface area contributed by atoms with Crippen LogP contribution in [0.5, 0.6) is 0 Å². The summed E-state index contributed by atoms with van der Waals surface area (Å²) in [5, 5.41) is 0. The number of benzene rings is 1. The topological polar surface area (TPSA) is 9.23 Å². The van der Waals surface area contributed by atoms with Crippen LogP contribution in [0.1, 0.15) is 5.56 Å². The number of hydrogen-bond acceptors (Lipinski definition) is 1. The van der Waals surface area contributed by atoms with Gasteiger partial charge in [0.25, 0.3) is 0 Å². The molecule has 1 aromatic rings. The SMILES string of the molecule is COCc1ccccc1.[NaH]. The van der Waals surface area contributed by atoms with Gasteiger partial charge < -0.3 is 4.74 Å². The molecule has 0 spiro atoms. The fourth-order valence-corrected chi connectivity index (χ4v) is 0.741. The van der Waals surface area contributed by atoms with E-state index in [1.165, 1.54) is 5.56 Å². The average Bonchev–Trinajstić information content (AvgIpc) is 1.91. The molecule has 0 saturated heterocycles. The van der Waals surface area contributed by atoms with E-state index in [1.807, 2.05) is 30.3 Å². The summed E-state index contributed by atoms with van der Waals surface area (Å²) in [5.74, 6) is 0. The van der Waals surface area contributed by atoms with Gasteiger partial charge in [-0.15, -0.1) is 0 Å². The van der Waals surface area contributed by atoms with E-state index in [1.54, 1.807) is 7.11 Å². The van der Waals surface area contributed by atoms with E-state index in [2.05, 4.69) is 0 Å². The van der Waals surface area contributed by atoms with Gasteiger partial charge in [-0.3, -0.25) is 0 Å². The zero-order valence-electron chi connectivity index (χ0n) is 5.50. The Bertz CT molecular complexity index is 162. The standard InChI is InChI=1S/C8H10O.Na.H/c1-9-7-8-5-3-2-4-6-8;;/h2-6H,7H2,1H3;;. The van der Waals surface area contributed by atoms with E-state index < -0.39 is 0 Å². The first-order valence-corrected chi connectivity index (χ1v) is 2.96. The first kappa shape index (κ1) is 10.2. The van der Waals surface area contributed by atoms with Crippen LogP contribution in [-0.4, -0.2) is 36.7 Å². The fourth-order valence-electron chi connectivity index (χ4n) is 0.741. The Hall–Kier alpha value is 0.180. The zero-order chi connectivity index (χ0) is 6.53. The van der Waals surface area contributed by atoms with Gasteiger partial charge in [0.2, 0.25) is 0 Å². The Morgan fingerprint density at radius 2 is 1.80 bits per heavy atom. The summed E-state index contributed by atoms with van der Waals surface area (Å²) in [7, 11) is 1.70. The molecule has 0 heterocycles. The van der Waals surface area contributed by atoms with E-state index in [0.717, 1.165) is 0 Å². The summed E-state index contributed by atoms with van der Waals surface area (Å²) in [4.78, 5) is 0. The van der Waals surface area contributed by atoms with E-state index in [9.17, 15) is 0 Å². The summed E-state index contributed by atoms with van der Waals surface area (Å²) in [5.41, 5.74) is 1.22. The number of methoxy groups -OCH3 is 1. The molecule has 0 aliphatic rings. The van der Waals surface area contributed by atoms with Crippen molar-refractivity contribution in [3.8, 4) is 0 Å². The molecule has 0 aliphatic carbocycles. The van der Waals surface area contributed by atoms with Crippen molar-refractivity contribution in [1.82, 2.24) is 0 Å². The van der Waals surface area contributed by atoms with Crippen LogP contribution in [0.3, 0.4) is 0 Å². The summed E-state index contributed by atoms with van der Waals surface area (Å²) < 4.78 is 4.93. The molecule has 0 aliphatic heterocycles. The Morgan fingerprint density at radius 1 is 1.20 bits per heavy atom. The van der Waals surface area contributed by atoms with Crippen LogP contribution in [0.4, 0.5) is 0 Å². The van der Waals surface area contributed by atoms with E-state index >= 15 is 0 Å². The number of hydrogen-bond donors (Lipinski definition) is 0. The molecule has 2 heteroatoms. The first-order chi connectivity index (χ1) is 4.43. The second-order valence-corrected chi connectivity index (χ2v) is 1.92. The van der Waals surface area contributed by atoms with Crippen molar-refractivity contribution in [2.75, 3.05) is 7.11 Å². The molecular formula is C8H11NaO. The monoisotopic (exact) mass is 146 g/mol. The van der Waals surface area contributed by atoms with Crippen LogP contribution < -0.4 is 0 Å². The van der Waals surface area contributed by atoms with Crippen molar-refractivity contribution >= 4 is 29.6 Å². The van der Waals surface area contributed by atoms with Crippen LogP contribution in [0.15, 0.2) is 30.3 Å². The maximum atomic E-state index is 4.93. The van der Waals surface area contributed by atoms with E-state index in [0.29, 0.717) is 6.61 Å². The maximum absolute atomic E-state index is 4.93. The molecular weight excluding hydrogens is 135 g/mol. The van der Waals surface area contributed by atoms with Crippen molar-refractivity contribution < 1.29 is 4.74 Å². The molecule has 10 heavy (non-hydrogen) atoms. The molecule has 0 fully saturated rings. The molecule has 50 valence electrons.